The monoisotopic (exact) mass is 632 g/mol. The molecule has 9 nitrogen and oxygen atoms in total. The summed E-state index contributed by atoms with van der Waals surface area (Å²) in [6.07, 6.45) is -3.84. The summed E-state index contributed by atoms with van der Waals surface area (Å²) in [6.45, 7) is 4.37. The van der Waals surface area contributed by atoms with Crippen LogP contribution in [0, 0.1) is 12.8 Å². The molecule has 0 saturated heterocycles. The molecule has 0 aliphatic rings. The normalized spacial score (nSPS) is 13.4. The van der Waals surface area contributed by atoms with Crippen LogP contribution >= 0.6 is 11.6 Å². The van der Waals surface area contributed by atoms with Crippen LogP contribution < -0.4 is 20.7 Å². The topological polar surface area (TPSA) is 126 Å². The maximum atomic E-state index is 13.8. The Kier molecular flexibility index (Phi) is 11.5. The highest BCUT2D eigenvalue weighted by molar-refractivity contribution is 6.30. The molecule has 3 N–H and O–H groups in total. The molecule has 3 aromatic rings. The maximum Gasteiger partial charge on any atom is 0.452 e. The second-order valence-corrected chi connectivity index (χ2v) is 10.8. The molecular weight excluding hydrogens is 601 g/mol. The van der Waals surface area contributed by atoms with Crippen molar-refractivity contribution in [3.63, 3.8) is 0 Å². The van der Waals surface area contributed by atoms with Crippen LogP contribution in [0.25, 0.3) is 0 Å². The summed E-state index contributed by atoms with van der Waals surface area (Å²) in [4.78, 5) is 56.7. The number of carbonyl (C=O) groups is 4. The Balaban J connectivity index is 1.99. The van der Waals surface area contributed by atoms with E-state index in [1.807, 2.05) is 0 Å². The van der Waals surface area contributed by atoms with Crippen LogP contribution in [0.3, 0.4) is 0 Å². The number of amides is 3. The summed E-state index contributed by atoms with van der Waals surface area (Å²) in [5.74, 6) is -5.33. The Bertz CT molecular complexity index is 1520. The van der Waals surface area contributed by atoms with Crippen molar-refractivity contribution < 1.29 is 37.1 Å². The summed E-state index contributed by atoms with van der Waals surface area (Å²) >= 11 is 6.13. The van der Waals surface area contributed by atoms with Crippen molar-refractivity contribution in [3.8, 4) is 5.75 Å². The SMILES string of the molecule is COc1cccc([C@H](NC(=O)[C@H](Cc2cccc(Cl)c2)NC(=O)c2ncccc2C)C(=O)N[C@H](C(=O)C(F)(F)F)C(C)C)c1. The van der Waals surface area contributed by atoms with Gasteiger partial charge in [-0.3, -0.25) is 24.2 Å². The quantitative estimate of drug-likeness (QED) is 0.270. The van der Waals surface area contributed by atoms with Crippen molar-refractivity contribution in [3.05, 3.63) is 94.3 Å². The van der Waals surface area contributed by atoms with E-state index < -0.39 is 53.7 Å². The number of aromatic nitrogens is 1. The third kappa shape index (κ3) is 9.03. The van der Waals surface area contributed by atoms with Crippen LogP contribution in [0.4, 0.5) is 13.2 Å². The first-order valence-electron chi connectivity index (χ1n) is 13.5. The number of ketones is 1. The lowest BCUT2D eigenvalue weighted by Crippen LogP contribution is -2.55. The second-order valence-electron chi connectivity index (χ2n) is 10.3. The lowest BCUT2D eigenvalue weighted by atomic mass is 9.97. The summed E-state index contributed by atoms with van der Waals surface area (Å²) in [5, 5.41) is 7.73. The van der Waals surface area contributed by atoms with E-state index in [9.17, 15) is 32.3 Å². The number of pyridine rings is 1. The van der Waals surface area contributed by atoms with Crippen LogP contribution in [0.5, 0.6) is 5.75 Å². The average molecular weight is 633 g/mol. The number of rotatable bonds is 12. The third-order valence-electron chi connectivity index (χ3n) is 6.68. The molecule has 3 rings (SSSR count). The fourth-order valence-electron chi connectivity index (χ4n) is 4.37. The van der Waals surface area contributed by atoms with Gasteiger partial charge in [0.05, 0.1) is 13.2 Å². The molecule has 0 spiro atoms. The number of hydrogen-bond acceptors (Lipinski definition) is 6. The van der Waals surface area contributed by atoms with Crippen LogP contribution in [-0.2, 0) is 20.8 Å². The highest BCUT2D eigenvalue weighted by Gasteiger charge is 2.45. The number of carbonyl (C=O) groups excluding carboxylic acids is 4. The van der Waals surface area contributed by atoms with E-state index in [0.29, 0.717) is 21.9 Å². The van der Waals surface area contributed by atoms with E-state index in [0.717, 1.165) is 0 Å². The zero-order chi connectivity index (χ0) is 32.6. The molecule has 0 unspecified atom stereocenters. The number of aryl methyl sites for hydroxylation is 1. The second kappa shape index (κ2) is 14.8. The summed E-state index contributed by atoms with van der Waals surface area (Å²) in [6, 6.07) is 11.1. The van der Waals surface area contributed by atoms with Crippen molar-refractivity contribution >= 4 is 35.1 Å². The molecule has 13 heteroatoms. The number of ether oxygens (including phenoxy) is 1. The van der Waals surface area contributed by atoms with E-state index in [4.69, 9.17) is 16.3 Å². The van der Waals surface area contributed by atoms with Crippen molar-refractivity contribution in [2.24, 2.45) is 5.92 Å². The molecule has 0 fully saturated rings. The van der Waals surface area contributed by atoms with Gasteiger partial charge in [-0.1, -0.05) is 55.8 Å². The lowest BCUT2D eigenvalue weighted by molar-refractivity contribution is -0.175. The van der Waals surface area contributed by atoms with Crippen molar-refractivity contribution in [2.75, 3.05) is 7.11 Å². The number of nitrogens with one attached hydrogen (secondary N) is 3. The smallest absolute Gasteiger partial charge is 0.452 e. The number of Topliss-reactive ketones (excluding diaryl/α,β-unsaturated/α-hetero) is 1. The summed E-state index contributed by atoms with van der Waals surface area (Å²) in [7, 11) is 1.37. The van der Waals surface area contributed by atoms with Gasteiger partial charge >= 0.3 is 6.18 Å². The largest absolute Gasteiger partial charge is 0.497 e. The van der Waals surface area contributed by atoms with E-state index in [-0.39, 0.29) is 17.7 Å². The Morgan fingerprint density at radius 1 is 0.932 bits per heavy atom. The van der Waals surface area contributed by atoms with Crippen LogP contribution in [0.2, 0.25) is 5.02 Å². The number of halogens is 4. The van der Waals surface area contributed by atoms with Crippen molar-refractivity contribution in [2.45, 2.75) is 51.5 Å². The predicted molar refractivity (Wildman–Crippen MR) is 157 cm³/mol. The summed E-state index contributed by atoms with van der Waals surface area (Å²) in [5.41, 5.74) is 1.36. The first-order valence-corrected chi connectivity index (χ1v) is 13.9. The minimum atomic E-state index is -5.20. The third-order valence-corrected chi connectivity index (χ3v) is 6.91. The fraction of sp³-hybridized carbons (Fsp3) is 0.323. The van der Waals surface area contributed by atoms with E-state index in [1.165, 1.54) is 45.4 Å². The first-order chi connectivity index (χ1) is 20.7. The molecule has 0 saturated carbocycles. The summed E-state index contributed by atoms with van der Waals surface area (Å²) < 4.78 is 45.2. The molecule has 234 valence electrons. The Morgan fingerprint density at radius 2 is 1.64 bits per heavy atom. The van der Waals surface area contributed by atoms with Gasteiger partial charge in [0.1, 0.15) is 23.5 Å². The van der Waals surface area contributed by atoms with Crippen molar-refractivity contribution in [1.29, 1.82) is 0 Å². The number of nitrogens with zero attached hydrogens (tertiary/aromatic N) is 1. The molecule has 0 aliphatic heterocycles. The van der Waals surface area contributed by atoms with Crippen LogP contribution in [0.15, 0.2) is 66.9 Å². The molecule has 0 aliphatic carbocycles. The molecular formula is C31H32ClF3N4O5. The molecule has 1 heterocycles. The van der Waals surface area contributed by atoms with E-state index in [2.05, 4.69) is 20.9 Å². The minimum Gasteiger partial charge on any atom is -0.497 e. The Morgan fingerprint density at radius 3 is 2.25 bits per heavy atom. The molecule has 0 bridgehead atoms. The first kappa shape index (κ1) is 34.0. The molecule has 2 aromatic carbocycles. The fourth-order valence-corrected chi connectivity index (χ4v) is 4.58. The Labute approximate surface area is 257 Å². The van der Waals surface area contributed by atoms with Crippen LogP contribution in [0.1, 0.15) is 47.1 Å². The van der Waals surface area contributed by atoms with Gasteiger partial charge in [-0.2, -0.15) is 13.2 Å². The van der Waals surface area contributed by atoms with Gasteiger partial charge in [-0.15, -0.1) is 0 Å². The van der Waals surface area contributed by atoms with Gasteiger partial charge in [-0.25, -0.2) is 0 Å². The number of benzene rings is 2. The molecule has 3 amide bonds. The number of methoxy groups -OCH3 is 1. The minimum absolute atomic E-state index is 0.0579. The molecule has 1 aromatic heterocycles. The van der Waals surface area contributed by atoms with Gasteiger partial charge in [0.25, 0.3) is 11.7 Å². The van der Waals surface area contributed by atoms with E-state index in [1.54, 1.807) is 49.4 Å². The van der Waals surface area contributed by atoms with Crippen LogP contribution in [-0.4, -0.2) is 53.9 Å². The standard InChI is InChI=1S/C31H32ClF3N4O5/c1-17(2)24(27(40)31(33,34)35)38-30(43)26(20-10-6-12-22(16-20)44-4)39-28(41)23(15-19-9-5-11-21(32)14-19)37-29(42)25-18(3)8-7-13-36-25/h5-14,16-17,23-24,26H,15H2,1-4H3,(H,37,42)(H,38,43)(H,39,41)/t23-,24-,26-/m0/s1. The average Bonchev–Trinajstić information content (AvgIpc) is 2.97. The maximum absolute atomic E-state index is 13.8. The zero-order valence-corrected chi connectivity index (χ0v) is 25.1. The van der Waals surface area contributed by atoms with Gasteiger partial charge < -0.3 is 20.7 Å². The zero-order valence-electron chi connectivity index (χ0n) is 24.4. The van der Waals surface area contributed by atoms with Gasteiger partial charge in [-0.05, 0) is 59.9 Å². The van der Waals surface area contributed by atoms with Gasteiger partial charge in [0, 0.05) is 17.6 Å². The van der Waals surface area contributed by atoms with Gasteiger partial charge in [0.2, 0.25) is 11.8 Å². The van der Waals surface area contributed by atoms with Crippen molar-refractivity contribution in [1.82, 2.24) is 20.9 Å². The lowest BCUT2D eigenvalue weighted by Gasteiger charge is -2.27. The molecule has 0 radical (unpaired) electrons. The highest BCUT2D eigenvalue weighted by atomic mass is 35.5. The van der Waals surface area contributed by atoms with Gasteiger partial charge in [0.15, 0.2) is 0 Å². The number of alkyl halides is 3. The predicted octanol–water partition coefficient (Wildman–Crippen LogP) is 4.52. The Hall–Kier alpha value is -4.45. The molecule has 44 heavy (non-hydrogen) atoms. The highest BCUT2D eigenvalue weighted by Crippen LogP contribution is 2.24. The molecule has 3 atom stereocenters. The number of hydrogen-bond donors (Lipinski definition) is 3. The van der Waals surface area contributed by atoms with E-state index >= 15 is 0 Å².